The molecular weight excluding hydrogens is 324 g/mol. The Labute approximate surface area is 135 Å². The summed E-state index contributed by atoms with van der Waals surface area (Å²) in [6, 6.07) is 3.50. The van der Waals surface area contributed by atoms with Crippen molar-refractivity contribution < 1.29 is 27.5 Å². The summed E-state index contributed by atoms with van der Waals surface area (Å²) in [5.41, 5.74) is 5.23. The Morgan fingerprint density at radius 3 is 2.00 bits per heavy atom. The number of nitrogens with one attached hydrogen (secondary N) is 1. The van der Waals surface area contributed by atoms with Crippen molar-refractivity contribution in [2.75, 3.05) is 27.3 Å². The minimum atomic E-state index is -3.88. The molecule has 0 aliphatic rings. The van der Waals surface area contributed by atoms with E-state index in [-0.39, 0.29) is 22.6 Å². The molecule has 9 heteroatoms. The molecule has 0 spiro atoms. The van der Waals surface area contributed by atoms with E-state index < -0.39 is 22.0 Å². The molecular formula is C14H20N2O6S. The summed E-state index contributed by atoms with van der Waals surface area (Å²) in [6.07, 6.45) is 1.26. The van der Waals surface area contributed by atoms with Crippen LogP contribution in [0.15, 0.2) is 23.1 Å². The summed E-state index contributed by atoms with van der Waals surface area (Å²) in [7, 11) is -1.56. The Morgan fingerprint density at radius 1 is 1.04 bits per heavy atom. The Morgan fingerprint density at radius 2 is 1.57 bits per heavy atom. The second-order valence-electron chi connectivity index (χ2n) is 4.62. The van der Waals surface area contributed by atoms with Crippen LogP contribution in [0.5, 0.6) is 0 Å². The lowest BCUT2D eigenvalue weighted by Gasteiger charge is -2.10. The molecule has 1 aromatic rings. The topological polar surface area (TPSA) is 125 Å². The van der Waals surface area contributed by atoms with Crippen molar-refractivity contribution >= 4 is 22.0 Å². The molecule has 3 N–H and O–H groups in total. The monoisotopic (exact) mass is 344 g/mol. The number of carbonyl (C=O) groups excluding carboxylic acids is 2. The fourth-order valence-corrected chi connectivity index (χ4v) is 2.93. The van der Waals surface area contributed by atoms with Crippen LogP contribution < -0.4 is 10.5 Å². The Kier molecular flexibility index (Phi) is 7.14. The number of methoxy groups -OCH3 is 2. The second-order valence-corrected chi connectivity index (χ2v) is 6.39. The highest BCUT2D eigenvalue weighted by Gasteiger charge is 2.20. The first-order valence-electron chi connectivity index (χ1n) is 6.87. The second kappa shape index (κ2) is 8.61. The summed E-state index contributed by atoms with van der Waals surface area (Å²) < 4.78 is 36.1. The number of sulfonamides is 1. The van der Waals surface area contributed by atoms with E-state index in [1.165, 1.54) is 6.07 Å². The van der Waals surface area contributed by atoms with E-state index in [1.54, 1.807) is 0 Å². The van der Waals surface area contributed by atoms with Gasteiger partial charge in [-0.25, -0.2) is 22.7 Å². The quantitative estimate of drug-likeness (QED) is 0.512. The summed E-state index contributed by atoms with van der Waals surface area (Å²) in [4.78, 5) is 23.1. The molecule has 0 aliphatic carbocycles. The predicted molar refractivity (Wildman–Crippen MR) is 82.6 cm³/mol. The summed E-state index contributed by atoms with van der Waals surface area (Å²) >= 11 is 0. The molecule has 0 heterocycles. The van der Waals surface area contributed by atoms with Gasteiger partial charge >= 0.3 is 11.9 Å². The van der Waals surface area contributed by atoms with E-state index in [0.717, 1.165) is 26.4 Å². The van der Waals surface area contributed by atoms with Crippen LogP contribution in [-0.4, -0.2) is 47.7 Å². The SMILES string of the molecule is COC(=O)c1cc(C(=O)OC)cc(S(=O)(=O)NCCCCN)c1. The molecule has 0 fully saturated rings. The number of nitrogens with two attached hydrogens (primary N) is 1. The molecule has 0 aromatic heterocycles. The van der Waals surface area contributed by atoms with Crippen molar-refractivity contribution in [1.82, 2.24) is 4.72 Å². The molecule has 128 valence electrons. The van der Waals surface area contributed by atoms with E-state index in [1.807, 2.05) is 0 Å². The highest BCUT2D eigenvalue weighted by atomic mass is 32.2. The van der Waals surface area contributed by atoms with Crippen LogP contribution in [0.3, 0.4) is 0 Å². The molecule has 23 heavy (non-hydrogen) atoms. The largest absolute Gasteiger partial charge is 0.465 e. The van der Waals surface area contributed by atoms with E-state index in [0.29, 0.717) is 19.4 Å². The Balaban J connectivity index is 3.17. The maximum absolute atomic E-state index is 12.3. The number of carbonyl (C=O) groups is 2. The van der Waals surface area contributed by atoms with Gasteiger partial charge in [0.1, 0.15) is 0 Å². The van der Waals surface area contributed by atoms with Crippen molar-refractivity contribution in [2.24, 2.45) is 5.73 Å². The van der Waals surface area contributed by atoms with Crippen molar-refractivity contribution in [3.8, 4) is 0 Å². The third-order valence-electron chi connectivity index (χ3n) is 2.98. The van der Waals surface area contributed by atoms with Gasteiger partial charge in [0.05, 0.1) is 30.2 Å². The minimum Gasteiger partial charge on any atom is -0.465 e. The van der Waals surface area contributed by atoms with Crippen LogP contribution >= 0.6 is 0 Å². The number of rotatable bonds is 8. The maximum Gasteiger partial charge on any atom is 0.337 e. The van der Waals surface area contributed by atoms with Crippen molar-refractivity contribution in [1.29, 1.82) is 0 Å². The average Bonchev–Trinajstić information content (AvgIpc) is 2.56. The van der Waals surface area contributed by atoms with Gasteiger partial charge in [0, 0.05) is 6.54 Å². The zero-order valence-electron chi connectivity index (χ0n) is 13.0. The van der Waals surface area contributed by atoms with Crippen LogP contribution in [-0.2, 0) is 19.5 Å². The average molecular weight is 344 g/mol. The smallest absolute Gasteiger partial charge is 0.337 e. The molecule has 0 radical (unpaired) electrons. The Hall–Kier alpha value is -1.97. The molecule has 0 amide bonds. The van der Waals surface area contributed by atoms with Gasteiger partial charge in [-0.2, -0.15) is 0 Å². The van der Waals surface area contributed by atoms with E-state index in [2.05, 4.69) is 14.2 Å². The normalized spacial score (nSPS) is 11.1. The van der Waals surface area contributed by atoms with Crippen LogP contribution in [0, 0.1) is 0 Å². The predicted octanol–water partition coefficient (Wildman–Crippen LogP) is 0.277. The van der Waals surface area contributed by atoms with Gasteiger partial charge in [0.2, 0.25) is 10.0 Å². The van der Waals surface area contributed by atoms with Gasteiger partial charge in [-0.3, -0.25) is 0 Å². The number of esters is 2. The highest BCUT2D eigenvalue weighted by molar-refractivity contribution is 7.89. The molecule has 0 atom stereocenters. The maximum atomic E-state index is 12.3. The van der Waals surface area contributed by atoms with Gasteiger partial charge < -0.3 is 15.2 Å². The first-order chi connectivity index (χ1) is 10.9. The third kappa shape index (κ3) is 5.31. The lowest BCUT2D eigenvalue weighted by Crippen LogP contribution is -2.26. The molecule has 0 unspecified atom stereocenters. The van der Waals surface area contributed by atoms with Gasteiger partial charge in [-0.05, 0) is 37.6 Å². The zero-order valence-corrected chi connectivity index (χ0v) is 13.8. The molecule has 1 rings (SSSR count). The van der Waals surface area contributed by atoms with E-state index in [4.69, 9.17) is 5.73 Å². The molecule has 0 bridgehead atoms. The van der Waals surface area contributed by atoms with Gasteiger partial charge in [-0.1, -0.05) is 0 Å². The molecule has 0 saturated heterocycles. The first-order valence-corrected chi connectivity index (χ1v) is 8.35. The van der Waals surface area contributed by atoms with E-state index >= 15 is 0 Å². The standard InChI is InChI=1S/C14H20N2O6S/c1-21-13(17)10-7-11(14(18)22-2)9-12(8-10)23(19,20)16-6-4-3-5-15/h7-9,16H,3-6,15H2,1-2H3. The van der Waals surface area contributed by atoms with Crippen LogP contribution in [0.1, 0.15) is 33.6 Å². The number of hydrogen-bond acceptors (Lipinski definition) is 7. The summed E-state index contributed by atoms with van der Waals surface area (Å²) in [5, 5.41) is 0. The molecule has 0 aliphatic heterocycles. The van der Waals surface area contributed by atoms with Crippen molar-refractivity contribution in [3.63, 3.8) is 0 Å². The van der Waals surface area contributed by atoms with Crippen LogP contribution in [0.25, 0.3) is 0 Å². The van der Waals surface area contributed by atoms with Crippen LogP contribution in [0.4, 0.5) is 0 Å². The first kappa shape index (κ1) is 19.1. The summed E-state index contributed by atoms with van der Waals surface area (Å²) in [6.45, 7) is 0.668. The number of benzene rings is 1. The van der Waals surface area contributed by atoms with E-state index in [9.17, 15) is 18.0 Å². The third-order valence-corrected chi connectivity index (χ3v) is 4.42. The summed E-state index contributed by atoms with van der Waals surface area (Å²) in [5.74, 6) is -1.51. The minimum absolute atomic E-state index is 0.0577. The van der Waals surface area contributed by atoms with Gasteiger partial charge in [0.15, 0.2) is 0 Å². The fourth-order valence-electron chi connectivity index (χ4n) is 1.78. The lowest BCUT2D eigenvalue weighted by atomic mass is 10.1. The number of unbranched alkanes of at least 4 members (excludes halogenated alkanes) is 1. The number of ether oxygens (including phenoxy) is 2. The van der Waals surface area contributed by atoms with Gasteiger partial charge in [-0.15, -0.1) is 0 Å². The highest BCUT2D eigenvalue weighted by Crippen LogP contribution is 2.17. The van der Waals surface area contributed by atoms with Gasteiger partial charge in [0.25, 0.3) is 0 Å². The lowest BCUT2D eigenvalue weighted by molar-refractivity contribution is 0.0598. The number of hydrogen-bond donors (Lipinski definition) is 2. The molecule has 8 nitrogen and oxygen atoms in total. The fraction of sp³-hybridized carbons (Fsp3) is 0.429. The molecule has 0 saturated carbocycles. The Bertz CT molecular complexity index is 638. The zero-order chi connectivity index (χ0) is 17.5. The molecule has 1 aromatic carbocycles. The van der Waals surface area contributed by atoms with Crippen molar-refractivity contribution in [2.45, 2.75) is 17.7 Å². The van der Waals surface area contributed by atoms with Crippen LogP contribution in [0.2, 0.25) is 0 Å². The van der Waals surface area contributed by atoms with Crippen molar-refractivity contribution in [3.05, 3.63) is 29.3 Å².